The zero-order valence-corrected chi connectivity index (χ0v) is 6.39. The fraction of sp³-hybridized carbons (Fsp3) is 0.600. The zero-order valence-electron chi connectivity index (χ0n) is 5.50. The van der Waals surface area contributed by atoms with Crippen molar-refractivity contribution in [2.45, 2.75) is 13.0 Å². The van der Waals surface area contributed by atoms with Gasteiger partial charge in [-0.15, -0.1) is 0 Å². The molecule has 0 rings (SSSR count). The van der Waals surface area contributed by atoms with Crippen molar-refractivity contribution in [2.24, 2.45) is 0 Å². The maximum absolute atomic E-state index is 9.94. The van der Waals surface area contributed by atoms with Crippen molar-refractivity contribution in [2.75, 3.05) is 6.54 Å². The van der Waals surface area contributed by atoms with Gasteiger partial charge in [0.2, 0.25) is 0 Å². The molecule has 0 aromatic rings. The van der Waals surface area contributed by atoms with Gasteiger partial charge >= 0.3 is 58.8 Å². The van der Waals surface area contributed by atoms with Crippen LogP contribution >= 0.6 is 7.92 Å². The number of rotatable bonds is 3. The zero-order chi connectivity index (χ0) is 7.98. The topological polar surface area (TPSA) is 66.4 Å². The van der Waals surface area contributed by atoms with Crippen LogP contribution in [0, 0.1) is 5.63 Å². The first-order valence-electron chi connectivity index (χ1n) is 2.70. The molecule has 1 unspecified atom stereocenters. The van der Waals surface area contributed by atoms with Crippen LogP contribution in [0.25, 0.3) is 0 Å². The number of aliphatic carboxylic acids is 1. The summed E-state index contributed by atoms with van der Waals surface area (Å²) < 4.78 is 9.86. The molecule has 0 aromatic carbocycles. The summed E-state index contributed by atoms with van der Waals surface area (Å²) in [5.41, 5.74) is 2.44. The van der Waals surface area contributed by atoms with E-state index < -0.39 is 5.97 Å². The molecule has 0 aliphatic heterocycles. The average Bonchev–Trinajstić information content (AvgIpc) is 1.85. The quantitative estimate of drug-likeness (QED) is 0.584. The maximum atomic E-state index is 9.94. The first-order chi connectivity index (χ1) is 4.66. The second-order valence-corrected chi connectivity index (χ2v) is 2.16. The molecule has 0 saturated heterocycles. The van der Waals surface area contributed by atoms with Crippen molar-refractivity contribution >= 4 is 13.9 Å². The Morgan fingerprint density at radius 3 is 2.90 bits per heavy atom. The van der Waals surface area contributed by atoms with Gasteiger partial charge in [0.1, 0.15) is 0 Å². The molecule has 0 heterocycles. The Kier molecular flexibility index (Phi) is 4.95. The number of nitrogens with one attached hydrogen (secondary N) is 1. The molecular formula is C5H8NO3P. The van der Waals surface area contributed by atoms with Gasteiger partial charge in [-0.25, -0.2) is 0 Å². The van der Waals surface area contributed by atoms with Crippen molar-refractivity contribution in [3.8, 4) is 5.63 Å². The molecule has 2 N–H and O–H groups in total. The standard InChI is InChI=1S/C5H8NO3P/c1-4(3-10-9)6-2-5(7)8/h4,6H,2H2,1H3,(H,7,8). The van der Waals surface area contributed by atoms with Crippen LogP contribution in [0.15, 0.2) is 0 Å². The summed E-state index contributed by atoms with van der Waals surface area (Å²) in [5.74, 6) is -0.934. The van der Waals surface area contributed by atoms with E-state index in [1.807, 2.05) is 0 Å². The molecule has 56 valence electrons. The predicted octanol–water partition coefficient (Wildman–Crippen LogP) is 0.300. The molecule has 0 aliphatic carbocycles. The third-order valence-electron chi connectivity index (χ3n) is 0.806. The van der Waals surface area contributed by atoms with E-state index in [4.69, 9.17) is 5.11 Å². The number of hydrogen-bond acceptors (Lipinski definition) is 3. The van der Waals surface area contributed by atoms with Crippen LogP contribution in [0.5, 0.6) is 0 Å². The van der Waals surface area contributed by atoms with Crippen molar-refractivity contribution in [3.63, 3.8) is 0 Å². The van der Waals surface area contributed by atoms with Crippen molar-refractivity contribution in [3.05, 3.63) is 0 Å². The van der Waals surface area contributed by atoms with Crippen molar-refractivity contribution < 1.29 is 14.5 Å². The summed E-state index contributed by atoms with van der Waals surface area (Å²) in [7, 11) is -0.204. The molecule has 4 nitrogen and oxygen atoms in total. The van der Waals surface area contributed by atoms with E-state index in [0.717, 1.165) is 0 Å². The third kappa shape index (κ3) is 5.57. The van der Waals surface area contributed by atoms with Gasteiger partial charge in [0.05, 0.1) is 0 Å². The van der Waals surface area contributed by atoms with Crippen LogP contribution in [0.1, 0.15) is 6.92 Å². The minimum absolute atomic E-state index is 0.135. The molecule has 0 amide bonds. The third-order valence-corrected chi connectivity index (χ3v) is 1.30. The van der Waals surface area contributed by atoms with E-state index in [9.17, 15) is 9.36 Å². The number of carboxylic acid groups (broad SMARTS) is 1. The Hall–Kier alpha value is -0.560. The molecule has 0 radical (unpaired) electrons. The average molecular weight is 161 g/mol. The fourth-order valence-electron chi connectivity index (χ4n) is 0.365. The number of carbonyl (C=O) groups is 1. The predicted molar refractivity (Wildman–Crippen MR) is 36.6 cm³/mol. The molecule has 0 spiro atoms. The normalized spacial score (nSPS) is 11.7. The Bertz CT molecular complexity index is 208. The van der Waals surface area contributed by atoms with Crippen LogP contribution in [-0.2, 0) is 9.36 Å². The van der Waals surface area contributed by atoms with E-state index in [2.05, 4.69) is 10.9 Å². The van der Waals surface area contributed by atoms with Crippen LogP contribution in [0.2, 0.25) is 0 Å². The van der Waals surface area contributed by atoms with E-state index >= 15 is 0 Å². The Labute approximate surface area is 59.7 Å². The van der Waals surface area contributed by atoms with E-state index in [0.29, 0.717) is 0 Å². The van der Waals surface area contributed by atoms with Crippen LogP contribution in [0.3, 0.4) is 0 Å². The molecule has 0 aliphatic rings. The van der Waals surface area contributed by atoms with Crippen molar-refractivity contribution in [1.29, 1.82) is 0 Å². The van der Waals surface area contributed by atoms with Gasteiger partial charge in [0.25, 0.3) is 0 Å². The fourth-order valence-corrected chi connectivity index (χ4v) is 0.615. The van der Waals surface area contributed by atoms with E-state index in [1.54, 1.807) is 6.92 Å². The van der Waals surface area contributed by atoms with Gasteiger partial charge in [-0.05, 0) is 0 Å². The SMILES string of the molecule is CC(C#P=O)NCC(=O)O. The molecule has 0 bridgehead atoms. The first kappa shape index (κ1) is 9.44. The molecule has 10 heavy (non-hydrogen) atoms. The molecule has 0 aromatic heterocycles. The second kappa shape index (κ2) is 5.24. The van der Waals surface area contributed by atoms with Gasteiger partial charge in [0.15, 0.2) is 0 Å². The molecule has 5 heteroatoms. The van der Waals surface area contributed by atoms with Gasteiger partial charge in [-0.1, -0.05) is 0 Å². The summed E-state index contributed by atoms with van der Waals surface area (Å²) in [6.07, 6.45) is 0. The minimum atomic E-state index is -0.934. The van der Waals surface area contributed by atoms with Gasteiger partial charge in [-0.2, -0.15) is 0 Å². The molecule has 0 fully saturated rings. The first-order valence-corrected chi connectivity index (χ1v) is 3.51. The molecule has 0 saturated carbocycles. The molecule has 1 atom stereocenters. The van der Waals surface area contributed by atoms with Gasteiger partial charge in [0, 0.05) is 0 Å². The summed E-state index contributed by atoms with van der Waals surface area (Å²) in [4.78, 5) is 9.94. The van der Waals surface area contributed by atoms with E-state index in [1.165, 1.54) is 0 Å². The van der Waals surface area contributed by atoms with Crippen LogP contribution in [-0.4, -0.2) is 23.7 Å². The summed E-state index contributed by atoms with van der Waals surface area (Å²) >= 11 is 0. The van der Waals surface area contributed by atoms with Gasteiger partial charge < -0.3 is 0 Å². The Balaban J connectivity index is 3.55. The summed E-state index contributed by atoms with van der Waals surface area (Å²) in [5, 5.41) is 10.7. The Morgan fingerprint density at radius 2 is 2.50 bits per heavy atom. The second-order valence-electron chi connectivity index (χ2n) is 1.72. The summed E-state index contributed by atoms with van der Waals surface area (Å²) in [6, 6.07) is -0.254. The van der Waals surface area contributed by atoms with Crippen LogP contribution < -0.4 is 5.32 Å². The molecular weight excluding hydrogens is 153 g/mol. The van der Waals surface area contributed by atoms with Crippen LogP contribution in [0.4, 0.5) is 0 Å². The van der Waals surface area contributed by atoms with Gasteiger partial charge in [-0.3, -0.25) is 0 Å². The Morgan fingerprint density at radius 1 is 1.90 bits per heavy atom. The number of carboxylic acids is 1. The number of hydrogen-bond donors (Lipinski definition) is 2. The van der Waals surface area contributed by atoms with E-state index in [-0.39, 0.29) is 20.5 Å². The summed E-state index contributed by atoms with van der Waals surface area (Å²) in [6.45, 7) is 1.54. The van der Waals surface area contributed by atoms with Crippen molar-refractivity contribution in [1.82, 2.24) is 5.32 Å². The monoisotopic (exact) mass is 161 g/mol.